The molecule has 0 bridgehead atoms. The van der Waals surface area contributed by atoms with Crippen LogP contribution in [0.1, 0.15) is 31.0 Å². The summed E-state index contributed by atoms with van der Waals surface area (Å²) < 4.78 is 1.03. The van der Waals surface area contributed by atoms with Crippen molar-refractivity contribution in [3.63, 3.8) is 0 Å². The lowest BCUT2D eigenvalue weighted by Crippen LogP contribution is -2.36. The van der Waals surface area contributed by atoms with Gasteiger partial charge in [-0.25, -0.2) is 14.3 Å². The van der Waals surface area contributed by atoms with Crippen molar-refractivity contribution in [2.45, 2.75) is 26.7 Å². The van der Waals surface area contributed by atoms with Crippen molar-refractivity contribution in [2.75, 3.05) is 0 Å². The minimum atomic E-state index is -0.566. The topological polar surface area (TPSA) is 67.8 Å². The highest BCUT2D eigenvalue weighted by Crippen LogP contribution is 2.18. The average molecular weight is 286 g/mol. The standard InChI is InChI=1S/C11H12ClN3O2S/c1-5(2)7-8(12)14-10(17)15(9(7)16)11-13-6(3)4-18-11/h4-5H,1-3H3,(H,14,17). The van der Waals surface area contributed by atoms with Crippen molar-refractivity contribution in [1.82, 2.24) is 14.5 Å². The third-order valence-electron chi connectivity index (χ3n) is 2.47. The first-order valence-electron chi connectivity index (χ1n) is 5.39. The number of rotatable bonds is 2. The van der Waals surface area contributed by atoms with Gasteiger partial charge < -0.3 is 0 Å². The van der Waals surface area contributed by atoms with Gasteiger partial charge in [-0.15, -0.1) is 11.3 Å². The van der Waals surface area contributed by atoms with Crippen LogP contribution >= 0.6 is 22.9 Å². The number of thiazole rings is 1. The molecular formula is C11H12ClN3O2S. The van der Waals surface area contributed by atoms with Gasteiger partial charge in [-0.2, -0.15) is 0 Å². The van der Waals surface area contributed by atoms with Crippen molar-refractivity contribution >= 4 is 22.9 Å². The Hall–Kier alpha value is -1.40. The van der Waals surface area contributed by atoms with Crippen LogP contribution in [0.4, 0.5) is 0 Å². The maximum absolute atomic E-state index is 12.3. The summed E-state index contributed by atoms with van der Waals surface area (Å²) in [5, 5.41) is 2.24. The van der Waals surface area contributed by atoms with E-state index in [2.05, 4.69) is 9.97 Å². The Kier molecular flexibility index (Phi) is 3.41. The smallest absolute Gasteiger partial charge is 0.297 e. The fourth-order valence-electron chi connectivity index (χ4n) is 1.64. The molecule has 5 nitrogen and oxygen atoms in total. The molecule has 0 aliphatic rings. The Morgan fingerprint density at radius 2 is 2.11 bits per heavy atom. The zero-order chi connectivity index (χ0) is 13.4. The molecule has 96 valence electrons. The van der Waals surface area contributed by atoms with Gasteiger partial charge in [0.15, 0.2) is 0 Å². The molecule has 2 aromatic rings. The molecule has 7 heteroatoms. The summed E-state index contributed by atoms with van der Waals surface area (Å²) in [6.07, 6.45) is 0. The highest BCUT2D eigenvalue weighted by atomic mass is 35.5. The minimum absolute atomic E-state index is 0.0749. The highest BCUT2D eigenvalue weighted by molar-refractivity contribution is 7.12. The second-order valence-corrected chi connectivity index (χ2v) is 5.44. The number of H-pyrrole nitrogens is 1. The molecule has 2 heterocycles. The van der Waals surface area contributed by atoms with Crippen molar-refractivity contribution in [3.8, 4) is 5.13 Å². The Labute approximate surface area is 112 Å². The van der Waals surface area contributed by atoms with Crippen LogP contribution < -0.4 is 11.2 Å². The first-order valence-corrected chi connectivity index (χ1v) is 6.64. The van der Waals surface area contributed by atoms with Gasteiger partial charge in [0, 0.05) is 5.38 Å². The molecule has 0 fully saturated rings. The fraction of sp³-hybridized carbons (Fsp3) is 0.364. The molecule has 0 unspecified atom stereocenters. The summed E-state index contributed by atoms with van der Waals surface area (Å²) in [7, 11) is 0. The molecule has 1 N–H and O–H groups in total. The quantitative estimate of drug-likeness (QED) is 0.859. The van der Waals surface area contributed by atoms with Crippen molar-refractivity contribution in [1.29, 1.82) is 0 Å². The third-order valence-corrected chi connectivity index (χ3v) is 3.71. The number of hydrogen-bond donors (Lipinski definition) is 1. The first kappa shape index (κ1) is 13.0. The average Bonchev–Trinajstić information content (AvgIpc) is 2.63. The zero-order valence-corrected chi connectivity index (χ0v) is 11.7. The van der Waals surface area contributed by atoms with Gasteiger partial charge >= 0.3 is 5.69 Å². The van der Waals surface area contributed by atoms with Gasteiger partial charge in [0.25, 0.3) is 5.56 Å². The van der Waals surface area contributed by atoms with Gasteiger partial charge in [-0.05, 0) is 12.8 Å². The monoisotopic (exact) mass is 285 g/mol. The van der Waals surface area contributed by atoms with Crippen LogP contribution in [0.25, 0.3) is 5.13 Å². The summed E-state index contributed by atoms with van der Waals surface area (Å²) >= 11 is 7.15. The van der Waals surface area contributed by atoms with Crippen LogP contribution in [0, 0.1) is 6.92 Å². The maximum atomic E-state index is 12.3. The third kappa shape index (κ3) is 2.13. The van der Waals surface area contributed by atoms with Gasteiger partial charge in [0.1, 0.15) is 5.15 Å². The Balaban J connectivity index is 2.80. The Bertz CT molecular complexity index is 699. The second-order valence-electron chi connectivity index (χ2n) is 4.22. The predicted molar refractivity (Wildman–Crippen MR) is 72.2 cm³/mol. The summed E-state index contributed by atoms with van der Waals surface area (Å²) in [4.78, 5) is 30.7. The summed E-state index contributed by atoms with van der Waals surface area (Å²) in [5.41, 5.74) is 0.184. The van der Waals surface area contributed by atoms with Crippen LogP contribution in [0.3, 0.4) is 0 Å². The van der Waals surface area contributed by atoms with Gasteiger partial charge in [0.2, 0.25) is 5.13 Å². The fourth-order valence-corrected chi connectivity index (χ4v) is 2.82. The van der Waals surface area contributed by atoms with E-state index in [-0.39, 0.29) is 11.1 Å². The second kappa shape index (κ2) is 4.70. The van der Waals surface area contributed by atoms with E-state index in [4.69, 9.17) is 11.6 Å². The Morgan fingerprint density at radius 1 is 1.44 bits per heavy atom. The molecule has 0 saturated heterocycles. The van der Waals surface area contributed by atoms with Crippen molar-refractivity contribution in [3.05, 3.63) is 42.6 Å². The summed E-state index contributed by atoms with van der Waals surface area (Å²) in [5.74, 6) is -0.0749. The number of hydrogen-bond acceptors (Lipinski definition) is 4. The van der Waals surface area contributed by atoms with Crippen molar-refractivity contribution < 1.29 is 0 Å². The van der Waals surface area contributed by atoms with Crippen LogP contribution in [-0.2, 0) is 0 Å². The molecule has 0 radical (unpaired) electrons. The Morgan fingerprint density at radius 3 is 2.61 bits per heavy atom. The van der Waals surface area contributed by atoms with Crippen LogP contribution in [0.15, 0.2) is 15.0 Å². The normalized spacial score (nSPS) is 11.2. The lowest BCUT2D eigenvalue weighted by Gasteiger charge is -2.09. The number of aryl methyl sites for hydroxylation is 1. The van der Waals surface area contributed by atoms with Crippen LogP contribution in [0.5, 0.6) is 0 Å². The van der Waals surface area contributed by atoms with E-state index in [1.807, 2.05) is 13.8 Å². The molecule has 0 aromatic carbocycles. The molecule has 0 spiro atoms. The van der Waals surface area contributed by atoms with Crippen LogP contribution in [-0.4, -0.2) is 14.5 Å². The van der Waals surface area contributed by atoms with E-state index >= 15 is 0 Å². The van der Waals surface area contributed by atoms with E-state index in [1.165, 1.54) is 11.3 Å². The lowest BCUT2D eigenvalue weighted by molar-refractivity contribution is 0.773. The predicted octanol–water partition coefficient (Wildman–Crippen LogP) is 2.07. The highest BCUT2D eigenvalue weighted by Gasteiger charge is 2.18. The molecule has 0 atom stereocenters. The molecule has 0 aliphatic carbocycles. The van der Waals surface area contributed by atoms with Crippen LogP contribution in [0.2, 0.25) is 5.15 Å². The molecule has 2 aromatic heterocycles. The maximum Gasteiger partial charge on any atom is 0.336 e. The molecule has 0 aliphatic heterocycles. The molecule has 0 saturated carbocycles. The van der Waals surface area contributed by atoms with E-state index in [0.29, 0.717) is 10.7 Å². The van der Waals surface area contributed by atoms with E-state index < -0.39 is 11.2 Å². The lowest BCUT2D eigenvalue weighted by atomic mass is 10.1. The number of halogens is 1. The van der Waals surface area contributed by atoms with Gasteiger partial charge in [0.05, 0.1) is 11.3 Å². The van der Waals surface area contributed by atoms with Crippen molar-refractivity contribution in [2.24, 2.45) is 0 Å². The van der Waals surface area contributed by atoms with E-state index in [9.17, 15) is 9.59 Å². The largest absolute Gasteiger partial charge is 0.336 e. The number of nitrogens with one attached hydrogen (secondary N) is 1. The van der Waals surface area contributed by atoms with E-state index in [0.717, 1.165) is 10.3 Å². The zero-order valence-electron chi connectivity index (χ0n) is 10.2. The number of aromatic amines is 1. The molecule has 0 amide bonds. The molecular weight excluding hydrogens is 274 g/mol. The first-order chi connectivity index (χ1) is 8.41. The van der Waals surface area contributed by atoms with Gasteiger partial charge in [-0.1, -0.05) is 25.4 Å². The number of nitrogens with zero attached hydrogens (tertiary/aromatic N) is 2. The summed E-state index contributed by atoms with van der Waals surface area (Å²) in [6, 6.07) is 0. The molecule has 18 heavy (non-hydrogen) atoms. The SMILES string of the molecule is Cc1csc(-n2c(=O)[nH]c(Cl)c(C(C)C)c2=O)n1. The number of aromatic nitrogens is 3. The van der Waals surface area contributed by atoms with Gasteiger partial charge in [-0.3, -0.25) is 9.78 Å². The summed E-state index contributed by atoms with van der Waals surface area (Å²) in [6.45, 7) is 5.50. The minimum Gasteiger partial charge on any atom is -0.297 e. The molecule has 2 rings (SSSR count). The van der Waals surface area contributed by atoms with E-state index in [1.54, 1.807) is 12.3 Å².